The highest BCUT2D eigenvalue weighted by molar-refractivity contribution is 5.76. The number of aromatic nitrogens is 4. The Morgan fingerprint density at radius 2 is 1.93 bits per heavy atom. The number of hydrogen-bond donors (Lipinski definition) is 0. The topological polar surface area (TPSA) is 63.4 Å². The number of likely N-dealkylation sites (tertiary alicyclic amines) is 1. The molecule has 6 heteroatoms. The van der Waals surface area contributed by atoms with Crippen LogP contribution in [0.25, 0.3) is 16.8 Å². The second kappa shape index (κ2) is 8.06. The fourth-order valence-electron chi connectivity index (χ4n) is 4.03. The molecule has 30 heavy (non-hydrogen) atoms. The lowest BCUT2D eigenvalue weighted by Crippen LogP contribution is -2.28. The van der Waals surface area contributed by atoms with E-state index in [0.717, 1.165) is 42.0 Å². The Balaban J connectivity index is 1.26. The molecule has 150 valence electrons. The van der Waals surface area contributed by atoms with E-state index >= 15 is 0 Å². The maximum absolute atomic E-state index is 12.6. The lowest BCUT2D eigenvalue weighted by atomic mass is 10.1. The summed E-state index contributed by atoms with van der Waals surface area (Å²) in [7, 11) is 0. The number of amides is 1. The summed E-state index contributed by atoms with van der Waals surface area (Å²) in [6, 6.07) is 18.1. The number of aryl methyl sites for hydroxylation is 1. The molecule has 0 aliphatic carbocycles. The van der Waals surface area contributed by atoms with Gasteiger partial charge < -0.3 is 4.90 Å². The Morgan fingerprint density at radius 3 is 2.77 bits per heavy atom. The highest BCUT2D eigenvalue weighted by Crippen LogP contribution is 2.27. The van der Waals surface area contributed by atoms with E-state index in [1.165, 1.54) is 5.56 Å². The molecule has 1 amide bonds. The van der Waals surface area contributed by atoms with E-state index in [1.807, 2.05) is 64.3 Å². The molecular formula is C24H23N5O. The number of carbonyl (C=O) groups is 1. The average molecular weight is 397 g/mol. The second-order valence-electron chi connectivity index (χ2n) is 7.74. The molecule has 0 N–H and O–H groups in total. The Labute approximate surface area is 175 Å². The first-order valence-corrected chi connectivity index (χ1v) is 10.3. The number of pyridine rings is 2. The van der Waals surface area contributed by atoms with Gasteiger partial charge in [0.15, 0.2) is 11.5 Å². The first kappa shape index (κ1) is 18.5. The summed E-state index contributed by atoms with van der Waals surface area (Å²) < 4.78 is 1.83. The predicted octanol–water partition coefficient (Wildman–Crippen LogP) is 3.74. The smallest absolute Gasteiger partial charge is 0.222 e. The van der Waals surface area contributed by atoms with Crippen molar-refractivity contribution in [1.82, 2.24) is 24.5 Å². The van der Waals surface area contributed by atoms with Crippen molar-refractivity contribution in [2.24, 2.45) is 0 Å². The molecule has 6 nitrogen and oxygen atoms in total. The molecule has 1 aromatic carbocycles. The summed E-state index contributed by atoms with van der Waals surface area (Å²) in [5.41, 5.74) is 4.13. The fourth-order valence-corrected chi connectivity index (χ4v) is 4.03. The Kier molecular flexibility index (Phi) is 4.97. The predicted molar refractivity (Wildman–Crippen MR) is 115 cm³/mol. The molecule has 5 rings (SSSR count). The third-order valence-electron chi connectivity index (χ3n) is 5.72. The van der Waals surface area contributed by atoms with Gasteiger partial charge in [-0.2, -0.15) is 5.10 Å². The third-order valence-corrected chi connectivity index (χ3v) is 5.72. The summed E-state index contributed by atoms with van der Waals surface area (Å²) in [6.07, 6.45) is 7.83. The fraction of sp³-hybridized carbons (Fsp3) is 0.250. The van der Waals surface area contributed by atoms with E-state index in [9.17, 15) is 4.79 Å². The van der Waals surface area contributed by atoms with Crippen molar-refractivity contribution in [3.8, 4) is 11.1 Å². The number of fused-ring (bicyclic) bond motifs is 1. The molecule has 0 saturated carbocycles. The van der Waals surface area contributed by atoms with Crippen LogP contribution in [-0.4, -0.2) is 43.5 Å². The monoisotopic (exact) mass is 397 g/mol. The summed E-state index contributed by atoms with van der Waals surface area (Å²) in [6.45, 7) is 1.47. The summed E-state index contributed by atoms with van der Waals surface area (Å²) in [5.74, 6) is 1.22. The number of rotatable bonds is 5. The van der Waals surface area contributed by atoms with Gasteiger partial charge in [-0.25, -0.2) is 9.50 Å². The Morgan fingerprint density at radius 1 is 1.03 bits per heavy atom. The van der Waals surface area contributed by atoms with Gasteiger partial charge in [-0.1, -0.05) is 36.4 Å². The summed E-state index contributed by atoms with van der Waals surface area (Å²) >= 11 is 0. The highest BCUT2D eigenvalue weighted by atomic mass is 16.2. The number of carbonyl (C=O) groups excluding carboxylic acids is 1. The second-order valence-corrected chi connectivity index (χ2v) is 7.74. The van der Waals surface area contributed by atoms with Crippen LogP contribution in [0.3, 0.4) is 0 Å². The van der Waals surface area contributed by atoms with E-state index in [2.05, 4.69) is 17.1 Å². The SMILES string of the molecule is O=C(CCc1ccccc1)N1CCC(c2nc3ccc(-c4cccnc4)cn3n2)C1. The molecule has 1 aliphatic rings. The van der Waals surface area contributed by atoms with Crippen LogP contribution in [0.5, 0.6) is 0 Å². The standard InChI is InChI=1S/C24H23N5O/c30-23(11-8-18-5-2-1-3-6-18)28-14-12-21(16-28)24-26-22-10-9-20(17-29(22)27-24)19-7-4-13-25-15-19/h1-7,9-10,13,15,17,21H,8,11-12,14,16H2. The van der Waals surface area contributed by atoms with Gasteiger partial charge in [0.25, 0.3) is 0 Å². The van der Waals surface area contributed by atoms with E-state index in [0.29, 0.717) is 13.0 Å². The van der Waals surface area contributed by atoms with Gasteiger partial charge in [0.05, 0.1) is 0 Å². The van der Waals surface area contributed by atoms with Crippen LogP contribution >= 0.6 is 0 Å². The van der Waals surface area contributed by atoms with Crippen molar-refractivity contribution in [2.75, 3.05) is 13.1 Å². The molecule has 0 radical (unpaired) electrons. The maximum atomic E-state index is 12.6. The molecule has 1 saturated heterocycles. The van der Waals surface area contributed by atoms with Crippen LogP contribution < -0.4 is 0 Å². The van der Waals surface area contributed by atoms with Crippen LogP contribution in [0.4, 0.5) is 0 Å². The van der Waals surface area contributed by atoms with Crippen LogP contribution in [0, 0.1) is 0 Å². The van der Waals surface area contributed by atoms with Crippen molar-refractivity contribution in [1.29, 1.82) is 0 Å². The lowest BCUT2D eigenvalue weighted by molar-refractivity contribution is -0.130. The first-order valence-electron chi connectivity index (χ1n) is 10.3. The largest absolute Gasteiger partial charge is 0.342 e. The molecule has 1 fully saturated rings. The van der Waals surface area contributed by atoms with E-state index < -0.39 is 0 Å². The van der Waals surface area contributed by atoms with Gasteiger partial charge in [0.2, 0.25) is 5.91 Å². The van der Waals surface area contributed by atoms with Gasteiger partial charge in [0, 0.05) is 55.1 Å². The van der Waals surface area contributed by atoms with Crippen molar-refractivity contribution < 1.29 is 4.79 Å². The van der Waals surface area contributed by atoms with Gasteiger partial charge >= 0.3 is 0 Å². The minimum Gasteiger partial charge on any atom is -0.342 e. The first-order chi connectivity index (χ1) is 14.8. The van der Waals surface area contributed by atoms with Crippen molar-refractivity contribution in [2.45, 2.75) is 25.2 Å². The van der Waals surface area contributed by atoms with Crippen molar-refractivity contribution >= 4 is 11.6 Å². The normalized spacial score (nSPS) is 16.3. The number of benzene rings is 1. The molecule has 1 aliphatic heterocycles. The van der Waals surface area contributed by atoms with Crippen LogP contribution in [-0.2, 0) is 11.2 Å². The quantitative estimate of drug-likeness (QED) is 0.515. The van der Waals surface area contributed by atoms with E-state index in [1.54, 1.807) is 6.20 Å². The zero-order valence-corrected chi connectivity index (χ0v) is 16.7. The van der Waals surface area contributed by atoms with Gasteiger partial charge in [-0.05, 0) is 36.6 Å². The molecule has 1 unspecified atom stereocenters. The van der Waals surface area contributed by atoms with Crippen molar-refractivity contribution in [3.05, 3.63) is 84.6 Å². The third kappa shape index (κ3) is 3.81. The van der Waals surface area contributed by atoms with E-state index in [4.69, 9.17) is 10.1 Å². The van der Waals surface area contributed by atoms with Crippen LogP contribution in [0.1, 0.15) is 30.1 Å². The number of hydrogen-bond acceptors (Lipinski definition) is 4. The molecule has 4 aromatic rings. The minimum atomic E-state index is 0.187. The zero-order chi connectivity index (χ0) is 20.3. The Bertz CT molecular complexity index is 1160. The minimum absolute atomic E-state index is 0.187. The Hall–Kier alpha value is -3.54. The lowest BCUT2D eigenvalue weighted by Gasteiger charge is -2.15. The molecule has 0 bridgehead atoms. The van der Waals surface area contributed by atoms with Crippen LogP contribution in [0.15, 0.2) is 73.2 Å². The molecule has 0 spiro atoms. The molecule has 3 aromatic heterocycles. The average Bonchev–Trinajstić information content (AvgIpc) is 3.45. The van der Waals surface area contributed by atoms with Crippen molar-refractivity contribution in [3.63, 3.8) is 0 Å². The van der Waals surface area contributed by atoms with Gasteiger partial charge in [-0.3, -0.25) is 9.78 Å². The zero-order valence-electron chi connectivity index (χ0n) is 16.7. The summed E-state index contributed by atoms with van der Waals surface area (Å²) in [4.78, 5) is 23.5. The summed E-state index contributed by atoms with van der Waals surface area (Å²) in [5, 5.41) is 4.72. The van der Waals surface area contributed by atoms with Gasteiger partial charge in [0.1, 0.15) is 0 Å². The molecular weight excluding hydrogens is 374 g/mol. The van der Waals surface area contributed by atoms with Gasteiger partial charge in [-0.15, -0.1) is 0 Å². The highest BCUT2D eigenvalue weighted by Gasteiger charge is 2.29. The van der Waals surface area contributed by atoms with Crippen LogP contribution in [0.2, 0.25) is 0 Å². The molecule has 4 heterocycles. The van der Waals surface area contributed by atoms with E-state index in [-0.39, 0.29) is 11.8 Å². The molecule has 1 atom stereocenters. The maximum Gasteiger partial charge on any atom is 0.222 e. The number of nitrogens with zero attached hydrogens (tertiary/aromatic N) is 5.